The molecule has 1 aromatic carbocycles. The molecule has 4 N–H and O–H groups in total. The van der Waals surface area contributed by atoms with Crippen LogP contribution in [-0.2, 0) is 12.8 Å². The number of aryl methyl sites for hydroxylation is 1. The molecule has 192 valence electrons. The highest BCUT2D eigenvalue weighted by molar-refractivity contribution is 5.99. The van der Waals surface area contributed by atoms with E-state index in [1.54, 1.807) is 4.90 Å². The molecular formula is C25H26F4N4O3. The SMILES string of the molecule is Nc1cc(OC(F)(F)F)ccc1C(=O)N1CCC(c2c(F)cnc3[nH]c4c(c23)C[C@H](CO)CC4)CC1. The van der Waals surface area contributed by atoms with Crippen LogP contribution in [-0.4, -0.2) is 51.9 Å². The second kappa shape index (κ2) is 9.27. The van der Waals surface area contributed by atoms with Crippen LogP contribution in [0.1, 0.15) is 52.4 Å². The largest absolute Gasteiger partial charge is 0.573 e. The van der Waals surface area contributed by atoms with E-state index >= 15 is 4.39 Å². The summed E-state index contributed by atoms with van der Waals surface area (Å²) in [7, 11) is 0. The lowest BCUT2D eigenvalue weighted by molar-refractivity contribution is -0.274. The first-order chi connectivity index (χ1) is 17.1. The van der Waals surface area contributed by atoms with Crippen molar-refractivity contribution in [2.24, 2.45) is 5.92 Å². The fourth-order valence-electron chi connectivity index (χ4n) is 5.48. The van der Waals surface area contributed by atoms with Gasteiger partial charge in [0.1, 0.15) is 17.2 Å². The number of pyridine rings is 1. The normalized spacial score (nSPS) is 18.9. The van der Waals surface area contributed by atoms with Crippen molar-refractivity contribution in [2.75, 3.05) is 25.4 Å². The van der Waals surface area contributed by atoms with E-state index in [1.165, 1.54) is 12.3 Å². The van der Waals surface area contributed by atoms with E-state index in [9.17, 15) is 23.1 Å². The minimum absolute atomic E-state index is 0.0805. The van der Waals surface area contributed by atoms with Gasteiger partial charge in [-0.1, -0.05) is 0 Å². The Kier molecular flexibility index (Phi) is 6.27. The number of aromatic nitrogens is 2. The van der Waals surface area contributed by atoms with Crippen molar-refractivity contribution >= 4 is 22.6 Å². The first-order valence-corrected chi connectivity index (χ1v) is 11.9. The lowest BCUT2D eigenvalue weighted by atomic mass is 9.82. The van der Waals surface area contributed by atoms with E-state index in [2.05, 4.69) is 14.7 Å². The summed E-state index contributed by atoms with van der Waals surface area (Å²) < 4.78 is 56.4. The topological polar surface area (TPSA) is 104 Å². The third kappa shape index (κ3) is 4.59. The Labute approximate surface area is 204 Å². The molecular weight excluding hydrogens is 480 g/mol. The number of aliphatic hydroxyl groups excluding tert-OH is 1. The molecule has 0 spiro atoms. The quantitative estimate of drug-likeness (QED) is 0.362. The minimum Gasteiger partial charge on any atom is -0.406 e. The molecule has 11 heteroatoms. The van der Waals surface area contributed by atoms with Gasteiger partial charge in [-0.3, -0.25) is 4.79 Å². The van der Waals surface area contributed by atoms with Gasteiger partial charge in [-0.15, -0.1) is 13.2 Å². The van der Waals surface area contributed by atoms with Gasteiger partial charge in [0, 0.05) is 48.1 Å². The molecule has 1 aliphatic carbocycles. The van der Waals surface area contributed by atoms with Crippen LogP contribution in [0, 0.1) is 11.7 Å². The zero-order valence-corrected chi connectivity index (χ0v) is 19.4. The molecule has 36 heavy (non-hydrogen) atoms. The summed E-state index contributed by atoms with van der Waals surface area (Å²) in [6.45, 7) is 0.773. The summed E-state index contributed by atoms with van der Waals surface area (Å²) in [6.07, 6.45) is -0.299. The number of fused-ring (bicyclic) bond motifs is 3. The molecule has 0 saturated carbocycles. The number of piperidine rings is 1. The van der Waals surface area contributed by atoms with Gasteiger partial charge in [-0.2, -0.15) is 0 Å². The van der Waals surface area contributed by atoms with E-state index in [1.807, 2.05) is 0 Å². The monoisotopic (exact) mass is 506 g/mol. The Balaban J connectivity index is 1.35. The average Bonchev–Trinajstić information content (AvgIpc) is 3.20. The van der Waals surface area contributed by atoms with Crippen LogP contribution < -0.4 is 10.5 Å². The van der Waals surface area contributed by atoms with Crippen molar-refractivity contribution in [3.63, 3.8) is 0 Å². The number of carbonyl (C=O) groups excluding carboxylic acids is 1. The number of aromatic amines is 1. The Morgan fingerprint density at radius 2 is 2.00 bits per heavy atom. The van der Waals surface area contributed by atoms with Crippen LogP contribution in [0.25, 0.3) is 11.0 Å². The van der Waals surface area contributed by atoms with Crippen molar-refractivity contribution in [1.29, 1.82) is 0 Å². The molecule has 2 aliphatic rings. The summed E-state index contributed by atoms with van der Waals surface area (Å²) in [5.41, 5.74) is 9.13. The maximum atomic E-state index is 15.1. The van der Waals surface area contributed by atoms with E-state index in [0.717, 1.165) is 41.6 Å². The number of anilines is 1. The maximum absolute atomic E-state index is 15.1. The van der Waals surface area contributed by atoms with Crippen LogP contribution in [0.2, 0.25) is 0 Å². The third-order valence-electron chi connectivity index (χ3n) is 7.24. The number of nitrogens with one attached hydrogen (secondary N) is 1. The second-order valence-corrected chi connectivity index (χ2v) is 9.48. The van der Waals surface area contributed by atoms with Crippen molar-refractivity contribution in [1.82, 2.24) is 14.9 Å². The second-order valence-electron chi connectivity index (χ2n) is 9.48. The summed E-state index contributed by atoms with van der Waals surface area (Å²) in [5, 5.41) is 10.4. The summed E-state index contributed by atoms with van der Waals surface area (Å²) in [6, 6.07) is 3.26. The van der Waals surface area contributed by atoms with Crippen LogP contribution in [0.5, 0.6) is 5.75 Å². The van der Waals surface area contributed by atoms with Crippen LogP contribution in [0.3, 0.4) is 0 Å². The van der Waals surface area contributed by atoms with Gasteiger partial charge in [-0.05, 0) is 61.6 Å². The Morgan fingerprint density at radius 1 is 1.25 bits per heavy atom. The highest BCUT2D eigenvalue weighted by atomic mass is 19.4. The standard InChI is InChI=1S/C25H26F4N4O3/c26-18-11-31-23-22(17-9-13(12-34)1-4-20(17)32-23)21(18)14-5-7-33(8-6-14)24(35)16-3-2-15(10-19(16)30)36-25(27,28)29/h2-3,10-11,13-14,34H,1,4-9,12,30H2,(H,31,32)/t13-/m1/s1. The van der Waals surface area contributed by atoms with Crippen LogP contribution in [0.15, 0.2) is 24.4 Å². The molecule has 3 heterocycles. The summed E-state index contributed by atoms with van der Waals surface area (Å²) in [4.78, 5) is 22.2. The number of hydrogen-bond donors (Lipinski definition) is 3. The Bertz CT molecular complexity index is 1300. The molecule has 0 unspecified atom stereocenters. The van der Waals surface area contributed by atoms with Gasteiger partial charge in [0.2, 0.25) is 0 Å². The number of halogens is 4. The van der Waals surface area contributed by atoms with Gasteiger partial charge in [0.05, 0.1) is 11.8 Å². The van der Waals surface area contributed by atoms with Crippen molar-refractivity contribution in [3.05, 3.63) is 52.6 Å². The zero-order valence-electron chi connectivity index (χ0n) is 19.4. The highest BCUT2D eigenvalue weighted by Gasteiger charge is 2.33. The summed E-state index contributed by atoms with van der Waals surface area (Å²) in [5.74, 6) is -1.27. The number of likely N-dealkylation sites (tertiary alicyclic amines) is 1. The number of alkyl halides is 3. The minimum atomic E-state index is -4.86. The number of rotatable bonds is 4. The van der Waals surface area contributed by atoms with Gasteiger partial charge >= 0.3 is 6.36 Å². The van der Waals surface area contributed by atoms with Gasteiger partial charge in [0.25, 0.3) is 5.91 Å². The zero-order chi connectivity index (χ0) is 25.6. The molecule has 1 fully saturated rings. The molecule has 5 rings (SSSR count). The smallest absolute Gasteiger partial charge is 0.406 e. The van der Waals surface area contributed by atoms with Gasteiger partial charge in [-0.25, -0.2) is 9.37 Å². The number of hydrogen-bond acceptors (Lipinski definition) is 5. The number of aliphatic hydroxyl groups is 1. The fourth-order valence-corrected chi connectivity index (χ4v) is 5.48. The number of nitrogens with two attached hydrogens (primary N) is 1. The number of benzene rings is 1. The molecule has 1 aliphatic heterocycles. The number of H-pyrrole nitrogens is 1. The first-order valence-electron chi connectivity index (χ1n) is 11.9. The van der Waals surface area contributed by atoms with Crippen molar-refractivity contribution in [2.45, 2.75) is 44.4 Å². The predicted octanol–water partition coefficient (Wildman–Crippen LogP) is 4.30. The maximum Gasteiger partial charge on any atom is 0.573 e. The molecule has 3 aromatic rings. The predicted molar refractivity (Wildman–Crippen MR) is 124 cm³/mol. The lowest BCUT2D eigenvalue weighted by Gasteiger charge is -2.33. The molecule has 0 bridgehead atoms. The number of nitrogen functional groups attached to an aromatic ring is 1. The summed E-state index contributed by atoms with van der Waals surface area (Å²) >= 11 is 0. The Morgan fingerprint density at radius 3 is 2.67 bits per heavy atom. The fraction of sp³-hybridized carbons (Fsp3) is 0.440. The first kappa shape index (κ1) is 24.4. The Hall–Kier alpha value is -3.34. The highest BCUT2D eigenvalue weighted by Crippen LogP contribution is 2.40. The molecule has 7 nitrogen and oxygen atoms in total. The molecule has 1 saturated heterocycles. The van der Waals surface area contributed by atoms with Crippen LogP contribution >= 0.6 is 0 Å². The molecule has 1 amide bonds. The third-order valence-corrected chi connectivity index (χ3v) is 7.24. The number of carbonyl (C=O) groups is 1. The van der Waals surface area contributed by atoms with E-state index in [4.69, 9.17) is 5.73 Å². The molecule has 1 atom stereocenters. The number of amides is 1. The number of nitrogens with zero attached hydrogens (tertiary/aromatic N) is 2. The molecule has 2 aromatic heterocycles. The van der Waals surface area contributed by atoms with Gasteiger partial charge in [0.15, 0.2) is 0 Å². The van der Waals surface area contributed by atoms with E-state index in [-0.39, 0.29) is 35.5 Å². The van der Waals surface area contributed by atoms with Crippen molar-refractivity contribution < 1.29 is 32.2 Å². The van der Waals surface area contributed by atoms with E-state index < -0.39 is 18.0 Å². The van der Waals surface area contributed by atoms with Gasteiger partial charge < -0.3 is 25.5 Å². The lowest BCUT2D eigenvalue weighted by Crippen LogP contribution is -2.38. The van der Waals surface area contributed by atoms with Crippen molar-refractivity contribution in [3.8, 4) is 5.75 Å². The number of ether oxygens (including phenoxy) is 1. The van der Waals surface area contributed by atoms with E-state index in [0.29, 0.717) is 43.6 Å². The average molecular weight is 507 g/mol. The van der Waals surface area contributed by atoms with Crippen LogP contribution in [0.4, 0.5) is 23.2 Å². The molecule has 0 radical (unpaired) electrons.